The van der Waals surface area contributed by atoms with Gasteiger partial charge >= 0.3 is 6.18 Å². The fourth-order valence-corrected chi connectivity index (χ4v) is 1.02. The van der Waals surface area contributed by atoms with E-state index in [0.717, 1.165) is 0 Å². The van der Waals surface area contributed by atoms with E-state index in [1.165, 1.54) is 0 Å². The van der Waals surface area contributed by atoms with Gasteiger partial charge < -0.3 is 5.11 Å². The number of aromatic hydroxyl groups is 1. The van der Waals surface area contributed by atoms with Gasteiger partial charge in [-0.1, -0.05) is 0 Å². The Morgan fingerprint density at radius 1 is 1.07 bits per heavy atom. The molecule has 0 radical (unpaired) electrons. The number of aldehydes is 2. The lowest BCUT2D eigenvalue weighted by Crippen LogP contribution is -2.07. The Hall–Kier alpha value is -1.85. The van der Waals surface area contributed by atoms with Crippen LogP contribution in [0.3, 0.4) is 0 Å². The summed E-state index contributed by atoms with van der Waals surface area (Å²) in [6, 6.07) is 0.963. The summed E-state index contributed by atoms with van der Waals surface area (Å²) in [6.45, 7) is 0. The molecule has 0 fully saturated rings. The number of hydrogen-bond acceptors (Lipinski definition) is 3. The number of hydrogen-bond donors (Lipinski definition) is 1. The van der Waals surface area contributed by atoms with Gasteiger partial charge in [0, 0.05) is 0 Å². The normalized spacial score (nSPS) is 11.1. The highest BCUT2D eigenvalue weighted by atomic mass is 19.4. The number of carbonyl (C=O) groups excluding carboxylic acids is 2. The van der Waals surface area contributed by atoms with E-state index < -0.39 is 28.6 Å². The Morgan fingerprint density at radius 2 is 1.47 bits per heavy atom. The molecule has 1 N–H and O–H groups in total. The smallest absolute Gasteiger partial charge is 0.416 e. The summed E-state index contributed by atoms with van der Waals surface area (Å²) in [7, 11) is 0. The number of halogens is 3. The molecule has 1 aromatic rings. The second-order valence-electron chi connectivity index (χ2n) is 2.74. The molecule has 0 saturated carbocycles. The number of benzene rings is 1. The van der Waals surface area contributed by atoms with Crippen LogP contribution in [-0.4, -0.2) is 17.7 Å². The average Bonchev–Trinajstić information content (AvgIpc) is 2.16. The third kappa shape index (κ3) is 2.15. The van der Waals surface area contributed by atoms with Gasteiger partial charge in [0.1, 0.15) is 5.75 Å². The molecule has 80 valence electrons. The Kier molecular flexibility index (Phi) is 2.78. The van der Waals surface area contributed by atoms with Gasteiger partial charge in [0.05, 0.1) is 16.7 Å². The second kappa shape index (κ2) is 3.72. The molecular weight excluding hydrogens is 213 g/mol. The van der Waals surface area contributed by atoms with Gasteiger partial charge in [0.15, 0.2) is 12.6 Å². The second-order valence-corrected chi connectivity index (χ2v) is 2.74. The quantitative estimate of drug-likeness (QED) is 0.772. The minimum absolute atomic E-state index is 0.0531. The third-order valence-corrected chi connectivity index (χ3v) is 1.75. The van der Waals surface area contributed by atoms with Gasteiger partial charge in [-0.15, -0.1) is 0 Å². The molecular formula is C9H5F3O3. The first-order valence-corrected chi connectivity index (χ1v) is 3.74. The van der Waals surface area contributed by atoms with Crippen molar-refractivity contribution in [3.63, 3.8) is 0 Å². The molecule has 0 aliphatic heterocycles. The van der Waals surface area contributed by atoms with E-state index in [1.807, 2.05) is 0 Å². The Morgan fingerprint density at radius 3 is 1.73 bits per heavy atom. The SMILES string of the molecule is O=Cc1cc(C(F)(F)F)cc(C=O)c1O. The first kappa shape index (κ1) is 11.2. The molecule has 0 atom stereocenters. The van der Waals surface area contributed by atoms with Gasteiger partial charge in [-0.25, -0.2) is 0 Å². The predicted molar refractivity (Wildman–Crippen MR) is 43.9 cm³/mol. The van der Waals surface area contributed by atoms with Gasteiger partial charge in [-0.2, -0.15) is 13.2 Å². The topological polar surface area (TPSA) is 54.4 Å². The number of rotatable bonds is 2. The van der Waals surface area contributed by atoms with Crippen molar-refractivity contribution in [2.45, 2.75) is 6.18 Å². The van der Waals surface area contributed by atoms with Crippen LogP contribution in [0.15, 0.2) is 12.1 Å². The fraction of sp³-hybridized carbons (Fsp3) is 0.111. The summed E-state index contributed by atoms with van der Waals surface area (Å²) in [5.41, 5.74) is -2.27. The van der Waals surface area contributed by atoms with E-state index in [9.17, 15) is 22.8 Å². The summed E-state index contributed by atoms with van der Waals surface area (Å²) < 4.78 is 36.7. The van der Waals surface area contributed by atoms with Crippen LogP contribution in [0.5, 0.6) is 5.75 Å². The lowest BCUT2D eigenvalue weighted by Gasteiger charge is -2.09. The Labute approximate surface area is 82.1 Å². The molecule has 0 bridgehead atoms. The van der Waals surface area contributed by atoms with E-state index in [2.05, 4.69) is 0 Å². The van der Waals surface area contributed by atoms with E-state index in [4.69, 9.17) is 5.11 Å². The third-order valence-electron chi connectivity index (χ3n) is 1.75. The van der Waals surface area contributed by atoms with Crippen LogP contribution in [0.25, 0.3) is 0 Å². The van der Waals surface area contributed by atoms with Crippen LogP contribution in [0.2, 0.25) is 0 Å². The summed E-state index contributed by atoms with van der Waals surface area (Å²) in [5.74, 6) is -0.743. The lowest BCUT2D eigenvalue weighted by atomic mass is 10.1. The number of phenolic OH excluding ortho intramolecular Hbond substituents is 1. The first-order valence-electron chi connectivity index (χ1n) is 3.74. The van der Waals surface area contributed by atoms with Crippen molar-refractivity contribution in [2.75, 3.05) is 0 Å². The molecule has 0 amide bonds. The van der Waals surface area contributed by atoms with E-state index in [1.54, 1.807) is 0 Å². The largest absolute Gasteiger partial charge is 0.506 e. The zero-order chi connectivity index (χ0) is 11.6. The number of phenols is 1. The molecule has 1 rings (SSSR count). The van der Waals surface area contributed by atoms with Crippen LogP contribution >= 0.6 is 0 Å². The molecule has 0 aliphatic rings. The maximum atomic E-state index is 12.2. The van der Waals surface area contributed by atoms with Crippen molar-refractivity contribution in [1.82, 2.24) is 0 Å². The average molecular weight is 218 g/mol. The van der Waals surface area contributed by atoms with Gasteiger partial charge in [0.25, 0.3) is 0 Å². The Balaban J connectivity index is 3.46. The summed E-state index contributed by atoms with van der Waals surface area (Å²) in [4.78, 5) is 20.7. The van der Waals surface area contributed by atoms with Gasteiger partial charge in [-0.3, -0.25) is 9.59 Å². The van der Waals surface area contributed by atoms with Crippen LogP contribution < -0.4 is 0 Å². The van der Waals surface area contributed by atoms with Crippen LogP contribution in [0.4, 0.5) is 13.2 Å². The van der Waals surface area contributed by atoms with Crippen LogP contribution in [-0.2, 0) is 6.18 Å². The monoisotopic (exact) mass is 218 g/mol. The molecule has 0 spiro atoms. The number of carbonyl (C=O) groups is 2. The molecule has 0 unspecified atom stereocenters. The summed E-state index contributed by atoms with van der Waals surface area (Å²) in [6.07, 6.45) is -4.56. The van der Waals surface area contributed by atoms with E-state index in [0.29, 0.717) is 12.1 Å². The van der Waals surface area contributed by atoms with Crippen molar-refractivity contribution in [2.24, 2.45) is 0 Å². The van der Waals surface area contributed by atoms with Crippen LogP contribution in [0.1, 0.15) is 26.3 Å². The zero-order valence-corrected chi connectivity index (χ0v) is 7.21. The molecule has 0 aromatic heterocycles. The van der Waals surface area contributed by atoms with E-state index >= 15 is 0 Å². The summed E-state index contributed by atoms with van der Waals surface area (Å²) >= 11 is 0. The first-order chi connectivity index (χ1) is 6.90. The molecule has 0 aliphatic carbocycles. The van der Waals surface area contributed by atoms with E-state index in [-0.39, 0.29) is 12.6 Å². The van der Waals surface area contributed by atoms with Gasteiger partial charge in [0.2, 0.25) is 0 Å². The van der Waals surface area contributed by atoms with Crippen molar-refractivity contribution in [3.8, 4) is 5.75 Å². The van der Waals surface area contributed by atoms with Crippen molar-refractivity contribution in [1.29, 1.82) is 0 Å². The van der Waals surface area contributed by atoms with Crippen molar-refractivity contribution < 1.29 is 27.9 Å². The predicted octanol–water partition coefficient (Wildman–Crippen LogP) is 2.04. The molecule has 0 heterocycles. The fourth-order valence-electron chi connectivity index (χ4n) is 1.02. The standard InChI is InChI=1S/C9H5F3O3/c10-9(11,12)7-1-5(3-13)8(15)6(2-7)4-14/h1-4,15H. The summed E-state index contributed by atoms with van der Waals surface area (Å²) in [5, 5.41) is 9.15. The highest BCUT2D eigenvalue weighted by molar-refractivity contribution is 5.88. The molecule has 6 heteroatoms. The minimum Gasteiger partial charge on any atom is -0.506 e. The lowest BCUT2D eigenvalue weighted by molar-refractivity contribution is -0.137. The molecule has 15 heavy (non-hydrogen) atoms. The number of alkyl halides is 3. The molecule has 3 nitrogen and oxygen atoms in total. The van der Waals surface area contributed by atoms with Crippen molar-refractivity contribution in [3.05, 3.63) is 28.8 Å². The van der Waals surface area contributed by atoms with Crippen molar-refractivity contribution >= 4 is 12.6 Å². The minimum atomic E-state index is -4.66. The Bertz CT molecular complexity index is 381. The van der Waals surface area contributed by atoms with Gasteiger partial charge in [-0.05, 0) is 12.1 Å². The maximum absolute atomic E-state index is 12.2. The zero-order valence-electron chi connectivity index (χ0n) is 7.21. The van der Waals surface area contributed by atoms with Crippen LogP contribution in [0, 0.1) is 0 Å². The maximum Gasteiger partial charge on any atom is 0.416 e. The molecule has 1 aromatic carbocycles. The highest BCUT2D eigenvalue weighted by Gasteiger charge is 2.32. The highest BCUT2D eigenvalue weighted by Crippen LogP contribution is 2.33. The molecule has 0 saturated heterocycles.